The van der Waals surface area contributed by atoms with Crippen molar-refractivity contribution in [3.8, 4) is 0 Å². The van der Waals surface area contributed by atoms with Crippen LogP contribution in [0.2, 0.25) is 0 Å². The third kappa shape index (κ3) is 3.59. The Hall–Kier alpha value is -2.32. The van der Waals surface area contributed by atoms with Gasteiger partial charge in [-0.3, -0.25) is 14.7 Å². The second kappa shape index (κ2) is 7.01. The van der Waals surface area contributed by atoms with E-state index in [4.69, 9.17) is 0 Å². The fraction of sp³-hybridized carbons (Fsp3) is 0.368. The standard InChI is InChI=1S/C19H20FN3O3S/c20-15-6-2-1-5-14(15)11-22-9-10-23(18-13-27(25,26)12-17(18)22)19(24)16-7-3-4-8-21-16/h1-8,17-18H,9-13H2/t17-,18+/m0/s1. The summed E-state index contributed by atoms with van der Waals surface area (Å²) in [5.74, 6) is -0.641. The van der Waals surface area contributed by atoms with Gasteiger partial charge < -0.3 is 4.90 Å². The van der Waals surface area contributed by atoms with Gasteiger partial charge in [0.2, 0.25) is 0 Å². The number of amides is 1. The van der Waals surface area contributed by atoms with Gasteiger partial charge in [-0.1, -0.05) is 24.3 Å². The van der Waals surface area contributed by atoms with E-state index in [0.29, 0.717) is 30.9 Å². The van der Waals surface area contributed by atoms with Crippen molar-refractivity contribution in [2.45, 2.75) is 18.6 Å². The van der Waals surface area contributed by atoms with Crippen LogP contribution in [0.4, 0.5) is 4.39 Å². The first kappa shape index (κ1) is 18.1. The molecule has 6 nitrogen and oxygen atoms in total. The molecule has 0 radical (unpaired) electrons. The maximum absolute atomic E-state index is 14.0. The van der Waals surface area contributed by atoms with E-state index >= 15 is 0 Å². The average molecular weight is 389 g/mol. The zero-order valence-electron chi connectivity index (χ0n) is 14.7. The Bertz CT molecular complexity index is 952. The first-order valence-corrected chi connectivity index (χ1v) is 10.7. The lowest BCUT2D eigenvalue weighted by Crippen LogP contribution is -2.60. The van der Waals surface area contributed by atoms with E-state index in [1.807, 2.05) is 4.90 Å². The van der Waals surface area contributed by atoms with Crippen molar-refractivity contribution in [2.24, 2.45) is 0 Å². The predicted octanol–water partition coefficient (Wildman–Crippen LogP) is 1.34. The number of halogens is 1. The third-order valence-corrected chi connectivity index (χ3v) is 6.97. The van der Waals surface area contributed by atoms with E-state index in [1.54, 1.807) is 47.5 Å². The van der Waals surface area contributed by atoms with Crippen molar-refractivity contribution in [2.75, 3.05) is 24.6 Å². The van der Waals surface area contributed by atoms with Gasteiger partial charge in [0.1, 0.15) is 11.5 Å². The molecule has 1 aromatic carbocycles. The van der Waals surface area contributed by atoms with Crippen LogP contribution in [0, 0.1) is 5.82 Å². The maximum atomic E-state index is 14.0. The zero-order chi connectivity index (χ0) is 19.0. The van der Waals surface area contributed by atoms with Gasteiger partial charge in [0.05, 0.1) is 17.5 Å². The number of rotatable bonds is 3. The van der Waals surface area contributed by atoms with Crippen molar-refractivity contribution in [1.29, 1.82) is 0 Å². The molecule has 1 aromatic heterocycles. The molecule has 0 N–H and O–H groups in total. The Kier molecular flexibility index (Phi) is 4.69. The number of carbonyl (C=O) groups excluding carboxylic acids is 1. The monoisotopic (exact) mass is 389 g/mol. The van der Waals surface area contributed by atoms with Crippen LogP contribution in [0.3, 0.4) is 0 Å². The van der Waals surface area contributed by atoms with Crippen LogP contribution in [0.15, 0.2) is 48.7 Å². The van der Waals surface area contributed by atoms with Crippen LogP contribution in [-0.4, -0.2) is 65.8 Å². The molecule has 8 heteroatoms. The molecule has 2 atom stereocenters. The number of hydrogen-bond donors (Lipinski definition) is 0. The van der Waals surface area contributed by atoms with E-state index in [2.05, 4.69) is 4.98 Å². The molecule has 0 bridgehead atoms. The first-order chi connectivity index (χ1) is 12.9. The number of aromatic nitrogens is 1. The van der Waals surface area contributed by atoms with Crippen LogP contribution in [0.1, 0.15) is 16.1 Å². The van der Waals surface area contributed by atoms with Crippen LogP contribution in [-0.2, 0) is 16.4 Å². The largest absolute Gasteiger partial charge is 0.330 e. The molecule has 2 fully saturated rings. The fourth-order valence-electron chi connectivity index (χ4n) is 3.96. The highest BCUT2D eigenvalue weighted by atomic mass is 32.2. The Balaban J connectivity index is 1.60. The van der Waals surface area contributed by atoms with Crippen molar-refractivity contribution in [3.63, 3.8) is 0 Å². The summed E-state index contributed by atoms with van der Waals surface area (Å²) in [6, 6.07) is 10.8. The van der Waals surface area contributed by atoms with Gasteiger partial charge >= 0.3 is 0 Å². The minimum absolute atomic E-state index is 0.0158. The lowest BCUT2D eigenvalue weighted by atomic mass is 10.0. The van der Waals surface area contributed by atoms with Crippen molar-refractivity contribution in [1.82, 2.24) is 14.8 Å². The molecule has 142 valence electrons. The summed E-state index contributed by atoms with van der Waals surface area (Å²) >= 11 is 0. The summed E-state index contributed by atoms with van der Waals surface area (Å²) in [5.41, 5.74) is 0.841. The summed E-state index contributed by atoms with van der Waals surface area (Å²) in [5, 5.41) is 0. The topological polar surface area (TPSA) is 70.6 Å². The van der Waals surface area contributed by atoms with Crippen LogP contribution in [0.5, 0.6) is 0 Å². The summed E-state index contributed by atoms with van der Waals surface area (Å²) < 4.78 is 38.7. The molecule has 0 aliphatic carbocycles. The molecular formula is C19H20FN3O3S. The average Bonchev–Trinajstić information content (AvgIpc) is 2.99. The van der Waals surface area contributed by atoms with Gasteiger partial charge in [0.15, 0.2) is 9.84 Å². The number of fused-ring (bicyclic) bond motifs is 1. The maximum Gasteiger partial charge on any atom is 0.272 e. The fourth-order valence-corrected chi connectivity index (χ4v) is 5.97. The van der Waals surface area contributed by atoms with E-state index in [0.717, 1.165) is 0 Å². The molecule has 1 amide bonds. The molecular weight excluding hydrogens is 369 g/mol. The molecule has 0 spiro atoms. The van der Waals surface area contributed by atoms with Gasteiger partial charge in [-0.25, -0.2) is 12.8 Å². The zero-order valence-corrected chi connectivity index (χ0v) is 15.5. The van der Waals surface area contributed by atoms with Crippen LogP contribution < -0.4 is 0 Å². The molecule has 2 aliphatic heterocycles. The highest BCUT2D eigenvalue weighted by Gasteiger charge is 2.48. The second-order valence-corrected chi connectivity index (χ2v) is 9.14. The molecule has 0 unspecified atom stereocenters. The van der Waals surface area contributed by atoms with Crippen LogP contribution in [0.25, 0.3) is 0 Å². The summed E-state index contributed by atoms with van der Waals surface area (Å²) in [6.07, 6.45) is 1.55. The second-order valence-electron chi connectivity index (χ2n) is 6.99. The molecule has 0 saturated carbocycles. The van der Waals surface area contributed by atoms with Crippen molar-refractivity contribution in [3.05, 3.63) is 65.7 Å². The molecule has 3 heterocycles. The Labute approximate surface area is 157 Å². The summed E-state index contributed by atoms with van der Waals surface area (Å²) in [4.78, 5) is 20.6. The van der Waals surface area contributed by atoms with E-state index in [1.165, 1.54) is 6.07 Å². The van der Waals surface area contributed by atoms with Gasteiger partial charge in [-0.2, -0.15) is 0 Å². The van der Waals surface area contributed by atoms with Gasteiger partial charge in [-0.15, -0.1) is 0 Å². The lowest BCUT2D eigenvalue weighted by molar-refractivity contribution is 0.0298. The predicted molar refractivity (Wildman–Crippen MR) is 98.3 cm³/mol. The number of nitrogens with zero attached hydrogens (tertiary/aromatic N) is 3. The Morgan fingerprint density at radius 2 is 1.81 bits per heavy atom. The minimum Gasteiger partial charge on any atom is -0.330 e. The SMILES string of the molecule is O=C(c1ccccn1)N1CCN(Cc2ccccc2F)[C@H]2CS(=O)(=O)C[C@H]21. The van der Waals surface area contributed by atoms with E-state index in [9.17, 15) is 17.6 Å². The number of benzene rings is 1. The van der Waals surface area contributed by atoms with Gasteiger partial charge in [0, 0.05) is 37.4 Å². The molecule has 2 aromatic rings. The molecule has 4 rings (SSSR count). The Morgan fingerprint density at radius 1 is 1.07 bits per heavy atom. The van der Waals surface area contributed by atoms with Crippen molar-refractivity contribution >= 4 is 15.7 Å². The first-order valence-electron chi connectivity index (χ1n) is 8.84. The number of pyridine rings is 1. The highest BCUT2D eigenvalue weighted by Crippen LogP contribution is 2.29. The molecule has 2 aliphatic rings. The lowest BCUT2D eigenvalue weighted by Gasteiger charge is -2.43. The third-order valence-electron chi connectivity index (χ3n) is 5.27. The molecule has 27 heavy (non-hydrogen) atoms. The van der Waals surface area contributed by atoms with E-state index in [-0.39, 0.29) is 29.3 Å². The normalized spacial score (nSPS) is 24.6. The number of carbonyl (C=O) groups is 1. The smallest absolute Gasteiger partial charge is 0.272 e. The number of piperazine rings is 1. The Morgan fingerprint density at radius 3 is 2.56 bits per heavy atom. The van der Waals surface area contributed by atoms with Gasteiger partial charge in [0.25, 0.3) is 5.91 Å². The van der Waals surface area contributed by atoms with Crippen molar-refractivity contribution < 1.29 is 17.6 Å². The summed E-state index contributed by atoms with van der Waals surface area (Å²) in [6.45, 7) is 1.21. The van der Waals surface area contributed by atoms with E-state index < -0.39 is 15.9 Å². The number of sulfone groups is 1. The highest BCUT2D eigenvalue weighted by molar-refractivity contribution is 7.91. The van der Waals surface area contributed by atoms with Crippen LogP contribution >= 0.6 is 0 Å². The quantitative estimate of drug-likeness (QED) is 0.793. The molecule has 2 saturated heterocycles. The number of hydrogen-bond acceptors (Lipinski definition) is 5. The summed E-state index contributed by atoms with van der Waals surface area (Å²) in [7, 11) is -3.26. The van der Waals surface area contributed by atoms with Gasteiger partial charge in [-0.05, 0) is 18.2 Å². The minimum atomic E-state index is -3.26.